The molecule has 0 atom stereocenters. The predicted molar refractivity (Wildman–Crippen MR) is 84.9 cm³/mol. The van der Waals surface area contributed by atoms with Gasteiger partial charge in [-0.05, 0) is 28.0 Å². The number of aromatic carboxylic acids is 1. The molecule has 0 aromatic heterocycles. The van der Waals surface area contributed by atoms with Crippen molar-refractivity contribution in [3.05, 3.63) is 71.8 Å². The molecular formula is C18H13NO3. The van der Waals surface area contributed by atoms with Gasteiger partial charge in [-0.2, -0.15) is 0 Å². The lowest BCUT2D eigenvalue weighted by atomic mass is 9.92. The fourth-order valence-corrected chi connectivity index (χ4v) is 2.67. The first-order valence-corrected chi connectivity index (χ1v) is 6.74. The number of carboxylic acid groups (broad SMARTS) is 1. The number of nitrogens with two attached hydrogens (primary N) is 1. The molecule has 3 rings (SSSR count). The summed E-state index contributed by atoms with van der Waals surface area (Å²) in [6.45, 7) is 0. The Morgan fingerprint density at radius 3 is 2.18 bits per heavy atom. The molecule has 0 aliphatic carbocycles. The monoisotopic (exact) mass is 291 g/mol. The molecule has 1 amide bonds. The van der Waals surface area contributed by atoms with Crippen molar-refractivity contribution < 1.29 is 14.7 Å². The first-order valence-electron chi connectivity index (χ1n) is 6.74. The summed E-state index contributed by atoms with van der Waals surface area (Å²) in [5.41, 5.74) is 6.51. The minimum atomic E-state index is -1.17. The zero-order valence-electron chi connectivity index (χ0n) is 11.6. The number of primary amides is 1. The van der Waals surface area contributed by atoms with E-state index in [9.17, 15) is 14.7 Å². The van der Waals surface area contributed by atoms with E-state index in [1.165, 1.54) is 6.07 Å². The molecule has 0 bridgehead atoms. The van der Waals surface area contributed by atoms with Crippen molar-refractivity contribution in [2.45, 2.75) is 0 Å². The molecule has 4 nitrogen and oxygen atoms in total. The predicted octanol–water partition coefficient (Wildman–Crippen LogP) is 3.30. The van der Waals surface area contributed by atoms with E-state index in [1.54, 1.807) is 12.1 Å². The van der Waals surface area contributed by atoms with Crippen LogP contribution in [0.1, 0.15) is 20.7 Å². The van der Waals surface area contributed by atoms with Gasteiger partial charge in [0.1, 0.15) is 0 Å². The maximum Gasteiger partial charge on any atom is 0.337 e. The molecule has 4 heteroatoms. The third-order valence-corrected chi connectivity index (χ3v) is 3.62. The van der Waals surface area contributed by atoms with Crippen molar-refractivity contribution in [3.63, 3.8) is 0 Å². The summed E-state index contributed by atoms with van der Waals surface area (Å²) in [6, 6.07) is 18.1. The number of carbonyl (C=O) groups excluding carboxylic acids is 1. The molecule has 0 saturated heterocycles. The topological polar surface area (TPSA) is 80.4 Å². The van der Waals surface area contributed by atoms with Crippen LogP contribution in [0.2, 0.25) is 0 Å². The van der Waals surface area contributed by atoms with Crippen LogP contribution < -0.4 is 5.73 Å². The number of hydrogen-bond donors (Lipinski definition) is 2. The van der Waals surface area contributed by atoms with Crippen LogP contribution in [-0.4, -0.2) is 17.0 Å². The average Bonchev–Trinajstić information content (AvgIpc) is 2.53. The molecule has 0 spiro atoms. The molecule has 0 unspecified atom stereocenters. The third-order valence-electron chi connectivity index (χ3n) is 3.62. The first-order chi connectivity index (χ1) is 10.6. The lowest BCUT2D eigenvalue weighted by Gasteiger charge is -2.12. The summed E-state index contributed by atoms with van der Waals surface area (Å²) in [5, 5.41) is 11.4. The highest BCUT2D eigenvalue weighted by Gasteiger charge is 2.20. The zero-order chi connectivity index (χ0) is 15.7. The summed E-state index contributed by atoms with van der Waals surface area (Å²) < 4.78 is 0. The van der Waals surface area contributed by atoms with Crippen molar-refractivity contribution in [1.29, 1.82) is 0 Å². The smallest absolute Gasteiger partial charge is 0.337 e. The van der Waals surface area contributed by atoms with Crippen molar-refractivity contribution in [2.75, 3.05) is 0 Å². The number of benzene rings is 3. The van der Waals surface area contributed by atoms with E-state index in [-0.39, 0.29) is 11.1 Å². The average molecular weight is 291 g/mol. The summed E-state index contributed by atoms with van der Waals surface area (Å²) >= 11 is 0. The fraction of sp³-hybridized carbons (Fsp3) is 0. The van der Waals surface area contributed by atoms with Crippen LogP contribution in [-0.2, 0) is 0 Å². The second-order valence-electron chi connectivity index (χ2n) is 4.92. The van der Waals surface area contributed by atoms with Crippen LogP contribution in [0, 0.1) is 0 Å². The van der Waals surface area contributed by atoms with Gasteiger partial charge in [0.15, 0.2) is 0 Å². The summed E-state index contributed by atoms with van der Waals surface area (Å²) in [7, 11) is 0. The van der Waals surface area contributed by atoms with Gasteiger partial charge in [0.05, 0.1) is 11.1 Å². The Bertz CT molecular complexity index is 894. The molecule has 3 aromatic rings. The summed E-state index contributed by atoms with van der Waals surface area (Å²) in [5.74, 6) is -1.92. The number of amides is 1. The van der Waals surface area contributed by atoms with Crippen molar-refractivity contribution in [1.82, 2.24) is 0 Å². The quantitative estimate of drug-likeness (QED) is 0.777. The van der Waals surface area contributed by atoms with E-state index >= 15 is 0 Å². The minimum Gasteiger partial charge on any atom is -0.478 e. The van der Waals surface area contributed by atoms with Gasteiger partial charge in [0, 0.05) is 0 Å². The van der Waals surface area contributed by atoms with E-state index in [4.69, 9.17) is 5.73 Å². The Morgan fingerprint density at radius 2 is 1.45 bits per heavy atom. The number of hydrogen-bond acceptors (Lipinski definition) is 2. The first kappa shape index (κ1) is 13.8. The summed E-state index contributed by atoms with van der Waals surface area (Å²) in [4.78, 5) is 23.2. The highest BCUT2D eigenvalue weighted by Crippen LogP contribution is 2.32. The van der Waals surface area contributed by atoms with Gasteiger partial charge in [-0.3, -0.25) is 4.79 Å². The minimum absolute atomic E-state index is 0.0120. The van der Waals surface area contributed by atoms with Crippen molar-refractivity contribution in [2.24, 2.45) is 5.73 Å². The maximum atomic E-state index is 11.6. The Morgan fingerprint density at radius 1 is 0.818 bits per heavy atom. The van der Waals surface area contributed by atoms with Crippen LogP contribution in [0.15, 0.2) is 60.7 Å². The van der Waals surface area contributed by atoms with Gasteiger partial charge >= 0.3 is 5.97 Å². The molecular weight excluding hydrogens is 278 g/mol. The van der Waals surface area contributed by atoms with E-state index in [0.29, 0.717) is 5.56 Å². The van der Waals surface area contributed by atoms with Gasteiger partial charge in [0.25, 0.3) is 0 Å². The molecule has 0 heterocycles. The van der Waals surface area contributed by atoms with Gasteiger partial charge in [-0.25, -0.2) is 4.79 Å². The number of rotatable bonds is 3. The fourth-order valence-electron chi connectivity index (χ4n) is 2.67. The van der Waals surface area contributed by atoms with E-state index in [2.05, 4.69) is 0 Å². The molecule has 0 aliphatic rings. The van der Waals surface area contributed by atoms with Crippen LogP contribution >= 0.6 is 0 Å². The SMILES string of the molecule is NC(=O)c1cccc(-c2cccc3ccccc23)c1C(=O)O. The van der Waals surface area contributed by atoms with E-state index in [1.807, 2.05) is 42.5 Å². The van der Waals surface area contributed by atoms with Gasteiger partial charge in [-0.1, -0.05) is 54.6 Å². The highest BCUT2D eigenvalue weighted by molar-refractivity contribution is 6.10. The number of fused-ring (bicyclic) bond motifs is 1. The lowest BCUT2D eigenvalue weighted by Crippen LogP contribution is -2.17. The molecule has 0 aliphatic heterocycles. The van der Waals surface area contributed by atoms with Crippen LogP contribution in [0.3, 0.4) is 0 Å². The maximum absolute atomic E-state index is 11.6. The van der Waals surface area contributed by atoms with Crippen LogP contribution in [0.5, 0.6) is 0 Å². The second kappa shape index (κ2) is 5.33. The Balaban J connectivity index is 2.39. The van der Waals surface area contributed by atoms with E-state index < -0.39 is 11.9 Å². The standard InChI is InChI=1S/C18H13NO3/c19-17(20)15-10-4-9-14(16(15)18(21)22)13-8-3-6-11-5-1-2-7-12(11)13/h1-10H,(H2,19,20)(H,21,22). The Labute approximate surface area is 126 Å². The van der Waals surface area contributed by atoms with Gasteiger partial charge in [-0.15, -0.1) is 0 Å². The molecule has 22 heavy (non-hydrogen) atoms. The molecule has 3 N–H and O–H groups in total. The number of carbonyl (C=O) groups is 2. The molecule has 0 radical (unpaired) electrons. The van der Waals surface area contributed by atoms with Crippen molar-refractivity contribution >= 4 is 22.6 Å². The van der Waals surface area contributed by atoms with Crippen LogP contribution in [0.4, 0.5) is 0 Å². The van der Waals surface area contributed by atoms with E-state index in [0.717, 1.165) is 16.3 Å². The van der Waals surface area contributed by atoms with Gasteiger partial charge in [0.2, 0.25) is 5.91 Å². The Kier molecular flexibility index (Phi) is 3.35. The second-order valence-corrected chi connectivity index (χ2v) is 4.92. The highest BCUT2D eigenvalue weighted by atomic mass is 16.4. The molecule has 3 aromatic carbocycles. The van der Waals surface area contributed by atoms with Crippen molar-refractivity contribution in [3.8, 4) is 11.1 Å². The molecule has 0 fully saturated rings. The number of carboxylic acids is 1. The normalized spacial score (nSPS) is 10.5. The summed E-state index contributed by atoms with van der Waals surface area (Å²) in [6.07, 6.45) is 0. The zero-order valence-corrected chi connectivity index (χ0v) is 11.6. The Hall–Kier alpha value is -3.14. The largest absolute Gasteiger partial charge is 0.478 e. The van der Waals surface area contributed by atoms with Crippen LogP contribution in [0.25, 0.3) is 21.9 Å². The lowest BCUT2D eigenvalue weighted by molar-refractivity contribution is 0.0693. The van der Waals surface area contributed by atoms with Gasteiger partial charge < -0.3 is 10.8 Å². The molecule has 0 saturated carbocycles. The third kappa shape index (κ3) is 2.20. The molecule has 108 valence electrons.